The van der Waals surface area contributed by atoms with Gasteiger partial charge in [0.25, 0.3) is 5.91 Å². The number of imidazole rings is 1. The van der Waals surface area contributed by atoms with E-state index in [9.17, 15) is 18.8 Å². The Balaban J connectivity index is 1.67. The van der Waals surface area contributed by atoms with Crippen LogP contribution in [0.5, 0.6) is 0 Å². The molecule has 9 nitrogen and oxygen atoms in total. The van der Waals surface area contributed by atoms with Crippen molar-refractivity contribution in [1.29, 1.82) is 0 Å². The monoisotopic (exact) mass is 507 g/mol. The maximum atomic E-state index is 13.6. The minimum Gasteiger partial charge on any atom is -0.478 e. The Morgan fingerprint density at radius 2 is 1.76 bits per heavy atom. The summed E-state index contributed by atoms with van der Waals surface area (Å²) in [7, 11) is 0. The maximum absolute atomic E-state index is 13.6. The zero-order valence-corrected chi connectivity index (χ0v) is 21.5. The number of hydrogen-bond acceptors (Lipinski definition) is 5. The van der Waals surface area contributed by atoms with E-state index in [1.807, 2.05) is 40.7 Å². The Bertz CT molecular complexity index is 1400. The number of fused-ring (bicyclic) bond motifs is 1. The van der Waals surface area contributed by atoms with E-state index in [-0.39, 0.29) is 42.5 Å². The van der Waals surface area contributed by atoms with Gasteiger partial charge in [0.15, 0.2) is 5.65 Å². The number of carboxylic acids is 1. The average molecular weight is 508 g/mol. The van der Waals surface area contributed by atoms with Gasteiger partial charge < -0.3 is 14.9 Å². The van der Waals surface area contributed by atoms with Crippen molar-refractivity contribution in [2.75, 3.05) is 19.6 Å². The van der Waals surface area contributed by atoms with Crippen molar-refractivity contribution in [3.63, 3.8) is 0 Å². The van der Waals surface area contributed by atoms with E-state index < -0.39 is 17.4 Å². The van der Waals surface area contributed by atoms with Gasteiger partial charge in [0, 0.05) is 42.9 Å². The molecule has 0 unspecified atom stereocenters. The molecule has 0 aliphatic carbocycles. The van der Waals surface area contributed by atoms with Gasteiger partial charge >= 0.3 is 5.97 Å². The largest absolute Gasteiger partial charge is 0.478 e. The average Bonchev–Trinajstić information content (AvgIpc) is 3.25. The number of aliphatic carboxylic acids is 1. The van der Waals surface area contributed by atoms with Crippen molar-refractivity contribution in [1.82, 2.24) is 24.4 Å². The van der Waals surface area contributed by atoms with Crippen LogP contribution in [0, 0.1) is 5.82 Å². The molecule has 0 saturated carbocycles. The molecule has 1 saturated heterocycles. The third kappa shape index (κ3) is 5.37. The third-order valence-corrected chi connectivity index (χ3v) is 6.42. The minimum absolute atomic E-state index is 0.230. The molecule has 2 aromatic heterocycles. The molecule has 1 N–H and O–H groups in total. The van der Waals surface area contributed by atoms with Gasteiger partial charge in [-0.3, -0.25) is 9.59 Å². The van der Waals surface area contributed by atoms with Crippen LogP contribution in [0.15, 0.2) is 48.7 Å². The molecule has 194 valence electrons. The number of amides is 2. The van der Waals surface area contributed by atoms with Crippen molar-refractivity contribution in [2.45, 2.75) is 45.6 Å². The van der Waals surface area contributed by atoms with Crippen LogP contribution in [0.1, 0.15) is 50.7 Å². The molecule has 10 heteroatoms. The van der Waals surface area contributed by atoms with E-state index in [1.165, 1.54) is 17.0 Å². The predicted octanol–water partition coefficient (Wildman–Crippen LogP) is 3.54. The zero-order chi connectivity index (χ0) is 27.1. The van der Waals surface area contributed by atoms with Gasteiger partial charge in [-0.05, 0) is 49.6 Å². The van der Waals surface area contributed by atoms with Crippen LogP contribution in [-0.4, -0.2) is 72.5 Å². The Morgan fingerprint density at radius 3 is 2.35 bits per heavy atom. The van der Waals surface area contributed by atoms with E-state index in [0.29, 0.717) is 11.3 Å². The number of rotatable bonds is 4. The van der Waals surface area contributed by atoms with Gasteiger partial charge in [0.2, 0.25) is 5.91 Å². The highest BCUT2D eigenvalue weighted by atomic mass is 19.1. The number of hydrogen-bond donors (Lipinski definition) is 1. The van der Waals surface area contributed by atoms with Gasteiger partial charge in [-0.2, -0.15) is 5.10 Å². The first-order valence-electron chi connectivity index (χ1n) is 11.9. The van der Waals surface area contributed by atoms with Crippen LogP contribution < -0.4 is 0 Å². The summed E-state index contributed by atoms with van der Waals surface area (Å²) in [5, 5.41) is 13.4. The van der Waals surface area contributed by atoms with Gasteiger partial charge in [-0.15, -0.1) is 0 Å². The van der Waals surface area contributed by atoms with Crippen molar-refractivity contribution in [3.8, 4) is 11.3 Å². The van der Waals surface area contributed by atoms with Crippen LogP contribution in [0.2, 0.25) is 0 Å². The molecular weight excluding hydrogens is 477 g/mol. The molecule has 0 bridgehead atoms. The summed E-state index contributed by atoms with van der Waals surface area (Å²) in [6.07, 6.45) is 3.43. The molecule has 1 aromatic carbocycles. The lowest BCUT2D eigenvalue weighted by molar-refractivity contribution is -0.133. The fourth-order valence-electron chi connectivity index (χ4n) is 4.50. The number of piperazine rings is 1. The van der Waals surface area contributed by atoms with E-state index in [1.54, 1.807) is 27.7 Å². The van der Waals surface area contributed by atoms with Crippen LogP contribution >= 0.6 is 0 Å². The lowest BCUT2D eigenvalue weighted by atomic mass is 9.87. The number of nitrogens with zero attached hydrogens (tertiary/aromatic N) is 5. The third-order valence-electron chi connectivity index (χ3n) is 6.42. The number of benzene rings is 1. The highest BCUT2D eigenvalue weighted by Gasteiger charge is 2.39. The Labute approximate surface area is 214 Å². The lowest BCUT2D eigenvalue weighted by Crippen LogP contribution is -2.62. The van der Waals surface area contributed by atoms with Gasteiger partial charge in [-0.25, -0.2) is 18.7 Å². The van der Waals surface area contributed by atoms with Gasteiger partial charge in [0.1, 0.15) is 11.5 Å². The molecule has 3 heterocycles. The summed E-state index contributed by atoms with van der Waals surface area (Å²) in [6.45, 7) is 10.6. The quantitative estimate of drug-likeness (QED) is 0.542. The van der Waals surface area contributed by atoms with Crippen LogP contribution in [0.25, 0.3) is 16.9 Å². The van der Waals surface area contributed by atoms with Crippen molar-refractivity contribution in [3.05, 3.63) is 65.8 Å². The smallest absolute Gasteiger partial charge is 0.328 e. The molecule has 0 spiro atoms. The second-order valence-corrected chi connectivity index (χ2v) is 10.8. The summed E-state index contributed by atoms with van der Waals surface area (Å²) in [6, 6.07) is 8.00. The van der Waals surface area contributed by atoms with Crippen molar-refractivity contribution >= 4 is 23.4 Å². The fourth-order valence-corrected chi connectivity index (χ4v) is 4.50. The van der Waals surface area contributed by atoms with E-state index in [0.717, 1.165) is 23.3 Å². The summed E-state index contributed by atoms with van der Waals surface area (Å²) in [4.78, 5) is 44.6. The number of carbonyl (C=O) groups is 3. The second-order valence-electron chi connectivity index (χ2n) is 10.8. The maximum Gasteiger partial charge on any atom is 0.328 e. The molecular formula is C27H30FN5O4. The Hall–Kier alpha value is -4.08. The fraction of sp³-hybridized carbons (Fsp3) is 0.370. The normalized spacial score (nSPS) is 15.9. The summed E-state index contributed by atoms with van der Waals surface area (Å²) in [5.41, 5.74) is 2.04. The summed E-state index contributed by atoms with van der Waals surface area (Å²) < 4.78 is 15.1. The number of aromatic nitrogens is 3. The first-order valence-corrected chi connectivity index (χ1v) is 11.9. The number of carbonyl (C=O) groups excluding carboxylic acids is 2. The van der Waals surface area contributed by atoms with E-state index in [4.69, 9.17) is 5.11 Å². The summed E-state index contributed by atoms with van der Waals surface area (Å²) in [5.74, 6) is -2.23. The van der Waals surface area contributed by atoms with Gasteiger partial charge in [0.05, 0.1) is 17.4 Å². The molecule has 2 amide bonds. The molecule has 1 fully saturated rings. The van der Waals surface area contributed by atoms with Crippen LogP contribution in [-0.2, 0) is 15.0 Å². The van der Waals surface area contributed by atoms with Crippen LogP contribution in [0.4, 0.5) is 4.39 Å². The topological polar surface area (TPSA) is 108 Å². The number of halogens is 1. The number of carboxylic acid groups (broad SMARTS) is 1. The lowest BCUT2D eigenvalue weighted by Gasteiger charge is -2.46. The molecule has 3 aromatic rings. The minimum atomic E-state index is -1.20. The molecule has 37 heavy (non-hydrogen) atoms. The molecule has 0 atom stereocenters. The SMILES string of the molecule is CC(C)(C)c1cc(-c2ccc(F)cc2)nn2cc(C(=O)N3CCN(C(=O)/C=C/C(=O)O)CC3(C)C)nc12. The van der Waals surface area contributed by atoms with E-state index in [2.05, 4.69) is 10.1 Å². The predicted molar refractivity (Wildman–Crippen MR) is 136 cm³/mol. The Morgan fingerprint density at radius 1 is 1.08 bits per heavy atom. The van der Waals surface area contributed by atoms with Crippen LogP contribution in [0.3, 0.4) is 0 Å². The zero-order valence-electron chi connectivity index (χ0n) is 21.5. The highest BCUT2D eigenvalue weighted by Crippen LogP contribution is 2.31. The van der Waals surface area contributed by atoms with Gasteiger partial charge in [-0.1, -0.05) is 20.8 Å². The Kier molecular flexibility index (Phi) is 6.62. The molecule has 4 rings (SSSR count). The van der Waals surface area contributed by atoms with Crippen molar-refractivity contribution < 1.29 is 23.9 Å². The molecule has 0 radical (unpaired) electrons. The summed E-state index contributed by atoms with van der Waals surface area (Å²) >= 11 is 0. The highest BCUT2D eigenvalue weighted by molar-refractivity contribution is 5.95. The molecule has 1 aliphatic rings. The van der Waals surface area contributed by atoms with E-state index >= 15 is 0 Å². The van der Waals surface area contributed by atoms with Crippen molar-refractivity contribution in [2.24, 2.45) is 0 Å². The first-order chi connectivity index (χ1) is 17.3. The second kappa shape index (κ2) is 9.42. The standard InChI is InChI=1S/C27H30FN5O4/c1-26(2,3)19-14-20(17-6-8-18(28)9-7-17)30-33-15-21(29-24(19)33)25(37)32-13-12-31(16-27(32,4)5)22(34)10-11-23(35)36/h6-11,14-15H,12-13,16H2,1-5H3,(H,35,36)/b11-10+. The molecule has 1 aliphatic heterocycles. The first kappa shape index (κ1) is 26.0.